The van der Waals surface area contributed by atoms with Crippen LogP contribution < -0.4 is 5.32 Å². The first-order chi connectivity index (χ1) is 11.6. The zero-order valence-corrected chi connectivity index (χ0v) is 14.6. The highest BCUT2D eigenvalue weighted by molar-refractivity contribution is 7.99. The summed E-state index contributed by atoms with van der Waals surface area (Å²) in [5.74, 6) is 1.38. The van der Waals surface area contributed by atoms with E-state index in [2.05, 4.69) is 10.5 Å². The first-order valence-corrected chi connectivity index (χ1v) is 9.20. The molecule has 0 saturated carbocycles. The predicted octanol–water partition coefficient (Wildman–Crippen LogP) is 2.04. The molecule has 1 N–H and O–H groups in total. The second kappa shape index (κ2) is 7.25. The standard InChI is InChI=1S/C17H21N3O3S/c1-11(2)8-18-17(22)14-9-24-10-20(14)16(21)7-13-12-5-3-4-6-15(12)23-19-13/h3-6,11,14H,7-10H2,1-2H3,(H,18,22)/t14-/m1/s1. The summed E-state index contributed by atoms with van der Waals surface area (Å²) >= 11 is 1.60. The van der Waals surface area contributed by atoms with Crippen LogP contribution in [-0.2, 0) is 16.0 Å². The fourth-order valence-corrected chi connectivity index (χ4v) is 3.82. The van der Waals surface area contributed by atoms with Crippen molar-refractivity contribution in [1.82, 2.24) is 15.4 Å². The van der Waals surface area contributed by atoms with Gasteiger partial charge in [0.15, 0.2) is 5.58 Å². The Balaban J connectivity index is 1.68. The third-order valence-electron chi connectivity index (χ3n) is 3.96. The summed E-state index contributed by atoms with van der Waals surface area (Å²) in [6.07, 6.45) is 0.144. The summed E-state index contributed by atoms with van der Waals surface area (Å²) in [5, 5.41) is 7.77. The molecule has 1 atom stereocenters. The summed E-state index contributed by atoms with van der Waals surface area (Å²) in [6, 6.07) is 7.07. The number of hydrogen-bond acceptors (Lipinski definition) is 5. The molecule has 24 heavy (non-hydrogen) atoms. The summed E-state index contributed by atoms with van der Waals surface area (Å²) in [7, 11) is 0. The van der Waals surface area contributed by atoms with Crippen LogP contribution in [0.5, 0.6) is 0 Å². The quantitative estimate of drug-likeness (QED) is 0.896. The predicted molar refractivity (Wildman–Crippen MR) is 93.5 cm³/mol. The van der Waals surface area contributed by atoms with E-state index in [-0.39, 0.29) is 18.2 Å². The Kier molecular flexibility index (Phi) is 5.08. The van der Waals surface area contributed by atoms with Crippen molar-refractivity contribution < 1.29 is 14.1 Å². The molecular weight excluding hydrogens is 326 g/mol. The Morgan fingerprint density at radius 3 is 3.00 bits per heavy atom. The monoisotopic (exact) mass is 347 g/mol. The Bertz CT molecular complexity index is 744. The maximum Gasteiger partial charge on any atom is 0.243 e. The number of aromatic nitrogens is 1. The van der Waals surface area contributed by atoms with Gasteiger partial charge in [0.05, 0.1) is 12.3 Å². The molecule has 0 unspecified atom stereocenters. The van der Waals surface area contributed by atoms with E-state index in [1.54, 1.807) is 16.7 Å². The normalized spacial score (nSPS) is 17.6. The molecule has 0 spiro atoms. The molecule has 0 radical (unpaired) electrons. The van der Waals surface area contributed by atoms with Crippen molar-refractivity contribution in [2.75, 3.05) is 18.2 Å². The number of thioether (sulfide) groups is 1. The van der Waals surface area contributed by atoms with E-state index in [0.717, 1.165) is 5.39 Å². The molecule has 2 aromatic rings. The fraction of sp³-hybridized carbons (Fsp3) is 0.471. The smallest absolute Gasteiger partial charge is 0.243 e. The molecule has 1 saturated heterocycles. The average Bonchev–Trinajstić information content (AvgIpc) is 3.20. The van der Waals surface area contributed by atoms with Crippen LogP contribution in [0.4, 0.5) is 0 Å². The van der Waals surface area contributed by atoms with E-state index in [1.165, 1.54) is 0 Å². The number of nitrogens with zero attached hydrogens (tertiary/aromatic N) is 2. The minimum absolute atomic E-state index is 0.0768. The lowest BCUT2D eigenvalue weighted by Crippen LogP contribution is -2.48. The van der Waals surface area contributed by atoms with Crippen LogP contribution in [0.3, 0.4) is 0 Å². The van der Waals surface area contributed by atoms with Gasteiger partial charge in [0.1, 0.15) is 11.7 Å². The average molecular weight is 347 g/mol. The van der Waals surface area contributed by atoms with Crippen LogP contribution in [0.25, 0.3) is 11.0 Å². The SMILES string of the molecule is CC(C)CNC(=O)[C@H]1CSCN1C(=O)Cc1noc2ccccc12. The molecular formula is C17H21N3O3S. The van der Waals surface area contributed by atoms with E-state index in [4.69, 9.17) is 4.52 Å². The lowest BCUT2D eigenvalue weighted by atomic mass is 10.1. The van der Waals surface area contributed by atoms with Crippen molar-refractivity contribution in [2.45, 2.75) is 26.3 Å². The molecule has 1 aromatic heterocycles. The number of carbonyl (C=O) groups is 2. The number of para-hydroxylation sites is 1. The molecule has 0 bridgehead atoms. The summed E-state index contributed by atoms with van der Waals surface area (Å²) in [6.45, 7) is 4.71. The highest BCUT2D eigenvalue weighted by Crippen LogP contribution is 2.24. The molecule has 7 heteroatoms. The van der Waals surface area contributed by atoms with Crippen molar-refractivity contribution in [3.8, 4) is 0 Å². The number of benzene rings is 1. The molecule has 1 aliphatic rings. The molecule has 3 rings (SSSR count). The highest BCUT2D eigenvalue weighted by Gasteiger charge is 2.34. The maximum atomic E-state index is 12.7. The van der Waals surface area contributed by atoms with Crippen molar-refractivity contribution in [3.63, 3.8) is 0 Å². The van der Waals surface area contributed by atoms with Gasteiger partial charge in [0.25, 0.3) is 0 Å². The van der Waals surface area contributed by atoms with Gasteiger partial charge in [0.2, 0.25) is 11.8 Å². The van der Waals surface area contributed by atoms with Crippen LogP contribution in [0.2, 0.25) is 0 Å². The molecule has 2 amide bonds. The van der Waals surface area contributed by atoms with Crippen LogP contribution in [0.1, 0.15) is 19.5 Å². The second-order valence-electron chi connectivity index (χ2n) is 6.32. The largest absolute Gasteiger partial charge is 0.356 e. The van der Waals surface area contributed by atoms with Gasteiger partial charge in [-0.15, -0.1) is 11.8 Å². The van der Waals surface area contributed by atoms with Gasteiger partial charge < -0.3 is 14.7 Å². The fourth-order valence-electron chi connectivity index (χ4n) is 2.64. The molecule has 2 heterocycles. The minimum atomic E-state index is -0.403. The number of nitrogens with one attached hydrogen (secondary N) is 1. The summed E-state index contributed by atoms with van der Waals surface area (Å²) in [5.41, 5.74) is 1.29. The van der Waals surface area contributed by atoms with Crippen LogP contribution in [-0.4, -0.2) is 46.1 Å². The third kappa shape index (κ3) is 3.56. The van der Waals surface area contributed by atoms with E-state index >= 15 is 0 Å². The van der Waals surface area contributed by atoms with E-state index in [1.807, 2.05) is 38.1 Å². The van der Waals surface area contributed by atoms with Crippen molar-refractivity contribution in [2.24, 2.45) is 5.92 Å². The minimum Gasteiger partial charge on any atom is -0.356 e. The van der Waals surface area contributed by atoms with Gasteiger partial charge in [-0.25, -0.2) is 0 Å². The second-order valence-corrected chi connectivity index (χ2v) is 7.32. The van der Waals surface area contributed by atoms with E-state index in [9.17, 15) is 9.59 Å². The van der Waals surface area contributed by atoms with Crippen molar-refractivity contribution >= 4 is 34.5 Å². The molecule has 1 aliphatic heterocycles. The Labute approximate surface area is 144 Å². The number of carbonyl (C=O) groups excluding carboxylic acids is 2. The first-order valence-electron chi connectivity index (χ1n) is 8.04. The topological polar surface area (TPSA) is 75.4 Å². The summed E-state index contributed by atoms with van der Waals surface area (Å²) in [4.78, 5) is 26.6. The molecule has 128 valence electrons. The van der Waals surface area contributed by atoms with Gasteiger partial charge in [-0.1, -0.05) is 31.1 Å². The van der Waals surface area contributed by atoms with E-state index in [0.29, 0.717) is 35.4 Å². The lowest BCUT2D eigenvalue weighted by molar-refractivity contribution is -0.137. The summed E-state index contributed by atoms with van der Waals surface area (Å²) < 4.78 is 5.25. The Morgan fingerprint density at radius 2 is 2.21 bits per heavy atom. The lowest BCUT2D eigenvalue weighted by Gasteiger charge is -2.23. The van der Waals surface area contributed by atoms with Gasteiger partial charge in [-0.3, -0.25) is 9.59 Å². The number of hydrogen-bond donors (Lipinski definition) is 1. The van der Waals surface area contributed by atoms with Crippen LogP contribution in [0, 0.1) is 5.92 Å². The van der Waals surface area contributed by atoms with Crippen LogP contribution in [0.15, 0.2) is 28.8 Å². The molecule has 6 nitrogen and oxygen atoms in total. The Morgan fingerprint density at radius 1 is 1.42 bits per heavy atom. The zero-order valence-electron chi connectivity index (χ0n) is 13.8. The van der Waals surface area contributed by atoms with Crippen molar-refractivity contribution in [3.05, 3.63) is 30.0 Å². The van der Waals surface area contributed by atoms with E-state index < -0.39 is 6.04 Å². The Hall–Kier alpha value is -2.02. The zero-order chi connectivity index (χ0) is 17.1. The van der Waals surface area contributed by atoms with Gasteiger partial charge >= 0.3 is 0 Å². The third-order valence-corrected chi connectivity index (χ3v) is 4.97. The number of amides is 2. The van der Waals surface area contributed by atoms with Gasteiger partial charge in [0, 0.05) is 17.7 Å². The van der Waals surface area contributed by atoms with Crippen molar-refractivity contribution in [1.29, 1.82) is 0 Å². The molecule has 1 fully saturated rings. The molecule has 1 aromatic carbocycles. The number of rotatable bonds is 5. The van der Waals surface area contributed by atoms with Crippen LogP contribution >= 0.6 is 11.8 Å². The number of fused-ring (bicyclic) bond motifs is 1. The maximum absolute atomic E-state index is 12.7. The first kappa shape index (κ1) is 16.8. The highest BCUT2D eigenvalue weighted by atomic mass is 32.2. The van der Waals surface area contributed by atoms with Gasteiger partial charge in [-0.2, -0.15) is 0 Å². The molecule has 0 aliphatic carbocycles. The van der Waals surface area contributed by atoms with Gasteiger partial charge in [-0.05, 0) is 18.1 Å².